The molecule has 0 saturated heterocycles. The van der Waals surface area contributed by atoms with E-state index in [0.717, 1.165) is 16.8 Å². The number of para-hydroxylation sites is 1. The maximum absolute atomic E-state index is 12.7. The molecule has 5 heteroatoms. The highest BCUT2D eigenvalue weighted by molar-refractivity contribution is 5.99. The minimum atomic E-state index is -0.112. The van der Waals surface area contributed by atoms with Crippen molar-refractivity contribution in [2.24, 2.45) is 0 Å². The molecular weight excluding hydrogens is 312 g/mol. The third kappa shape index (κ3) is 4.41. The summed E-state index contributed by atoms with van der Waals surface area (Å²) in [4.78, 5) is 20.8. The Morgan fingerprint density at radius 1 is 1.00 bits per heavy atom. The third-order valence-electron chi connectivity index (χ3n) is 3.93. The molecule has 1 aromatic carbocycles. The number of amides is 1. The van der Waals surface area contributed by atoms with Gasteiger partial charge >= 0.3 is 0 Å². The molecule has 0 saturated carbocycles. The highest BCUT2D eigenvalue weighted by Gasteiger charge is 2.14. The van der Waals surface area contributed by atoms with Crippen LogP contribution in [0.5, 0.6) is 0 Å². The van der Waals surface area contributed by atoms with Crippen molar-refractivity contribution in [1.29, 1.82) is 0 Å². The van der Waals surface area contributed by atoms with E-state index in [2.05, 4.69) is 20.6 Å². The number of aromatic nitrogens is 2. The van der Waals surface area contributed by atoms with E-state index < -0.39 is 0 Å². The van der Waals surface area contributed by atoms with Crippen molar-refractivity contribution in [1.82, 2.24) is 15.3 Å². The topological polar surface area (TPSA) is 66.9 Å². The zero-order valence-electron chi connectivity index (χ0n) is 14.0. The molecule has 126 valence electrons. The van der Waals surface area contributed by atoms with Gasteiger partial charge in [0, 0.05) is 37.0 Å². The van der Waals surface area contributed by atoms with Crippen LogP contribution in [0.2, 0.25) is 0 Å². The van der Waals surface area contributed by atoms with Gasteiger partial charge in [0.25, 0.3) is 5.91 Å². The molecule has 0 fully saturated rings. The largest absolute Gasteiger partial charge is 0.380 e. The Balaban J connectivity index is 1.70. The number of pyridine rings is 2. The van der Waals surface area contributed by atoms with E-state index in [9.17, 15) is 4.79 Å². The summed E-state index contributed by atoms with van der Waals surface area (Å²) in [6, 6.07) is 15.1. The molecule has 3 aromatic rings. The number of benzene rings is 1. The van der Waals surface area contributed by atoms with Gasteiger partial charge in [-0.3, -0.25) is 14.8 Å². The number of rotatable bonds is 6. The maximum Gasteiger partial charge on any atom is 0.253 e. The quantitative estimate of drug-likeness (QED) is 0.724. The Morgan fingerprint density at radius 3 is 2.56 bits per heavy atom. The van der Waals surface area contributed by atoms with Crippen LogP contribution in [0.4, 0.5) is 5.69 Å². The molecule has 0 unspecified atom stereocenters. The average molecular weight is 332 g/mol. The Morgan fingerprint density at radius 2 is 1.80 bits per heavy atom. The van der Waals surface area contributed by atoms with Gasteiger partial charge in [-0.2, -0.15) is 0 Å². The zero-order chi connectivity index (χ0) is 17.5. The van der Waals surface area contributed by atoms with E-state index in [0.29, 0.717) is 12.1 Å². The van der Waals surface area contributed by atoms with E-state index in [1.165, 1.54) is 0 Å². The van der Waals surface area contributed by atoms with Gasteiger partial charge in [-0.25, -0.2) is 0 Å². The fourth-order valence-corrected chi connectivity index (χ4v) is 2.55. The van der Waals surface area contributed by atoms with Crippen molar-refractivity contribution in [3.63, 3.8) is 0 Å². The van der Waals surface area contributed by atoms with Crippen LogP contribution in [0.1, 0.15) is 34.5 Å². The Labute approximate surface area is 147 Å². The van der Waals surface area contributed by atoms with Gasteiger partial charge in [-0.15, -0.1) is 0 Å². The second-order valence-electron chi connectivity index (χ2n) is 5.74. The predicted octanol–water partition coefficient (Wildman–Crippen LogP) is 3.58. The molecule has 1 atom stereocenters. The van der Waals surface area contributed by atoms with E-state index in [1.807, 2.05) is 55.5 Å². The summed E-state index contributed by atoms with van der Waals surface area (Å²) in [5.74, 6) is -0.112. The van der Waals surface area contributed by atoms with Gasteiger partial charge in [-0.05, 0) is 48.4 Å². The van der Waals surface area contributed by atoms with Gasteiger partial charge in [-0.1, -0.05) is 18.2 Å². The van der Waals surface area contributed by atoms with Crippen LogP contribution in [0.25, 0.3) is 0 Å². The molecule has 25 heavy (non-hydrogen) atoms. The van der Waals surface area contributed by atoms with E-state index in [4.69, 9.17) is 0 Å². The first kappa shape index (κ1) is 16.6. The minimum absolute atomic E-state index is 0.0955. The molecule has 5 nitrogen and oxygen atoms in total. The van der Waals surface area contributed by atoms with Crippen molar-refractivity contribution in [3.8, 4) is 0 Å². The van der Waals surface area contributed by atoms with E-state index in [1.54, 1.807) is 24.8 Å². The molecule has 2 aromatic heterocycles. The number of hydrogen-bond acceptors (Lipinski definition) is 4. The van der Waals surface area contributed by atoms with E-state index in [-0.39, 0.29) is 11.9 Å². The number of hydrogen-bond donors (Lipinski definition) is 2. The van der Waals surface area contributed by atoms with Crippen LogP contribution in [0.3, 0.4) is 0 Å². The van der Waals surface area contributed by atoms with Crippen LogP contribution >= 0.6 is 0 Å². The van der Waals surface area contributed by atoms with Crippen LogP contribution < -0.4 is 10.6 Å². The summed E-state index contributed by atoms with van der Waals surface area (Å²) in [5.41, 5.74) is 3.49. The summed E-state index contributed by atoms with van der Waals surface area (Å²) in [5, 5.41) is 6.34. The van der Waals surface area contributed by atoms with Crippen LogP contribution in [0, 0.1) is 0 Å². The molecule has 0 aliphatic carbocycles. The molecule has 0 aliphatic rings. The minimum Gasteiger partial charge on any atom is -0.380 e. The van der Waals surface area contributed by atoms with Gasteiger partial charge < -0.3 is 10.6 Å². The summed E-state index contributed by atoms with van der Waals surface area (Å²) in [6.07, 6.45) is 7.00. The molecular formula is C20H20N4O. The fraction of sp³-hybridized carbons (Fsp3) is 0.150. The van der Waals surface area contributed by atoms with Crippen molar-refractivity contribution in [2.45, 2.75) is 19.5 Å². The van der Waals surface area contributed by atoms with Crippen molar-refractivity contribution in [3.05, 3.63) is 90.0 Å². The monoisotopic (exact) mass is 332 g/mol. The van der Waals surface area contributed by atoms with Gasteiger partial charge in [0.05, 0.1) is 11.6 Å². The maximum atomic E-state index is 12.7. The molecule has 0 aliphatic heterocycles. The number of nitrogens with zero attached hydrogens (tertiary/aromatic N) is 2. The molecule has 0 radical (unpaired) electrons. The average Bonchev–Trinajstić information content (AvgIpc) is 2.68. The van der Waals surface area contributed by atoms with Gasteiger partial charge in [0.2, 0.25) is 0 Å². The molecule has 3 rings (SSSR count). The summed E-state index contributed by atoms with van der Waals surface area (Å²) < 4.78 is 0. The van der Waals surface area contributed by atoms with Crippen molar-refractivity contribution >= 4 is 11.6 Å². The van der Waals surface area contributed by atoms with Crippen molar-refractivity contribution < 1.29 is 4.79 Å². The second kappa shape index (κ2) is 8.06. The second-order valence-corrected chi connectivity index (χ2v) is 5.74. The number of anilines is 1. The first-order valence-corrected chi connectivity index (χ1v) is 8.16. The first-order valence-electron chi connectivity index (χ1n) is 8.16. The highest BCUT2D eigenvalue weighted by Crippen LogP contribution is 2.18. The van der Waals surface area contributed by atoms with Crippen LogP contribution in [0.15, 0.2) is 73.3 Å². The molecule has 1 amide bonds. The number of nitrogens with one attached hydrogen (secondary N) is 2. The fourth-order valence-electron chi connectivity index (χ4n) is 2.55. The van der Waals surface area contributed by atoms with Gasteiger partial charge in [0.1, 0.15) is 0 Å². The summed E-state index contributed by atoms with van der Waals surface area (Å²) in [7, 11) is 0. The Kier molecular flexibility index (Phi) is 5.36. The predicted molar refractivity (Wildman–Crippen MR) is 98.1 cm³/mol. The lowest BCUT2D eigenvalue weighted by atomic mass is 10.1. The lowest BCUT2D eigenvalue weighted by Gasteiger charge is -2.16. The van der Waals surface area contributed by atoms with Crippen LogP contribution in [-0.2, 0) is 6.54 Å². The Hall–Kier alpha value is -3.21. The van der Waals surface area contributed by atoms with Crippen LogP contribution in [-0.4, -0.2) is 15.9 Å². The van der Waals surface area contributed by atoms with Crippen molar-refractivity contribution in [2.75, 3.05) is 5.32 Å². The van der Waals surface area contributed by atoms with E-state index >= 15 is 0 Å². The standard InChI is InChI=1S/C20H20N4O/c1-15(17-8-11-21-12-9-17)24-20(25)18-6-2-3-7-19(18)23-14-16-5-4-10-22-13-16/h2-13,15,23H,14H2,1H3,(H,24,25)/t15-/m0/s1. The summed E-state index contributed by atoms with van der Waals surface area (Å²) >= 11 is 0. The number of carbonyl (C=O) groups excluding carboxylic acids is 1. The molecule has 2 N–H and O–H groups in total. The molecule has 0 spiro atoms. The SMILES string of the molecule is C[C@H](NC(=O)c1ccccc1NCc1cccnc1)c1ccncc1. The highest BCUT2D eigenvalue weighted by atomic mass is 16.1. The normalized spacial score (nSPS) is 11.6. The Bertz CT molecular complexity index is 821. The third-order valence-corrected chi connectivity index (χ3v) is 3.93. The lowest BCUT2D eigenvalue weighted by molar-refractivity contribution is 0.0940. The molecule has 2 heterocycles. The van der Waals surface area contributed by atoms with Gasteiger partial charge in [0.15, 0.2) is 0 Å². The molecule has 0 bridgehead atoms. The first-order chi connectivity index (χ1) is 12.2. The smallest absolute Gasteiger partial charge is 0.253 e. The zero-order valence-corrected chi connectivity index (χ0v) is 14.0. The summed E-state index contributed by atoms with van der Waals surface area (Å²) in [6.45, 7) is 2.57. The number of carbonyl (C=O) groups is 1. The lowest BCUT2D eigenvalue weighted by Crippen LogP contribution is -2.27.